The van der Waals surface area contributed by atoms with Gasteiger partial charge >= 0.3 is 0 Å². The lowest BCUT2D eigenvalue weighted by Gasteiger charge is -2.00. The summed E-state index contributed by atoms with van der Waals surface area (Å²) in [6.45, 7) is 4.07. The van der Waals surface area contributed by atoms with E-state index in [4.69, 9.17) is 5.73 Å². The second-order valence-electron chi connectivity index (χ2n) is 2.55. The van der Waals surface area contributed by atoms with E-state index in [-0.39, 0.29) is 0 Å². The van der Waals surface area contributed by atoms with Crippen LogP contribution in [0.2, 0.25) is 0 Å². The summed E-state index contributed by atoms with van der Waals surface area (Å²) in [5.41, 5.74) is 6.43. The number of thioether (sulfide) groups is 1. The van der Waals surface area contributed by atoms with E-state index in [0.29, 0.717) is 5.95 Å². The van der Waals surface area contributed by atoms with Crippen LogP contribution in [0.15, 0.2) is 11.1 Å². The number of hydrogen-bond donors (Lipinski definition) is 1. The third-order valence-electron chi connectivity index (χ3n) is 1.30. The highest BCUT2D eigenvalue weighted by atomic mass is 32.2. The van der Waals surface area contributed by atoms with Crippen LogP contribution in [0.25, 0.3) is 0 Å². The summed E-state index contributed by atoms with van der Waals surface area (Å²) in [6.07, 6.45) is 1.15. The molecule has 0 saturated heterocycles. The Hall–Kier alpha value is -0.770. The van der Waals surface area contributed by atoms with Gasteiger partial charge in [-0.1, -0.05) is 6.92 Å². The average molecular weight is 183 g/mol. The maximum absolute atomic E-state index is 5.50. The minimum absolute atomic E-state index is 0.369. The maximum Gasteiger partial charge on any atom is 0.221 e. The molecule has 0 radical (unpaired) electrons. The van der Waals surface area contributed by atoms with Gasteiger partial charge in [0.15, 0.2) is 0 Å². The summed E-state index contributed by atoms with van der Waals surface area (Å²) in [4.78, 5) is 8.10. The topological polar surface area (TPSA) is 51.8 Å². The summed E-state index contributed by atoms with van der Waals surface area (Å²) in [5, 5.41) is 0.974. The van der Waals surface area contributed by atoms with Crippen LogP contribution >= 0.6 is 11.8 Å². The molecule has 1 aromatic rings. The SMILES string of the molecule is CCCSc1cc(C)nc(N)n1. The predicted molar refractivity (Wildman–Crippen MR) is 52.2 cm³/mol. The highest BCUT2D eigenvalue weighted by Gasteiger charge is 1.98. The van der Waals surface area contributed by atoms with Gasteiger partial charge in [-0.25, -0.2) is 9.97 Å². The Morgan fingerprint density at radius 3 is 2.83 bits per heavy atom. The lowest BCUT2D eigenvalue weighted by Crippen LogP contribution is -1.97. The number of nitrogens with zero attached hydrogens (tertiary/aromatic N) is 2. The molecular weight excluding hydrogens is 170 g/mol. The molecule has 0 fully saturated rings. The van der Waals surface area contributed by atoms with Gasteiger partial charge in [-0.3, -0.25) is 0 Å². The van der Waals surface area contributed by atoms with E-state index in [1.807, 2.05) is 13.0 Å². The molecule has 0 aliphatic carbocycles. The van der Waals surface area contributed by atoms with Crippen molar-refractivity contribution in [3.63, 3.8) is 0 Å². The smallest absolute Gasteiger partial charge is 0.221 e. The molecule has 0 aliphatic heterocycles. The number of nitrogens with two attached hydrogens (primary N) is 1. The number of aromatic nitrogens is 2. The molecule has 0 spiro atoms. The van der Waals surface area contributed by atoms with Gasteiger partial charge in [0.05, 0.1) is 0 Å². The Morgan fingerprint density at radius 1 is 1.50 bits per heavy atom. The number of anilines is 1. The first-order valence-electron chi connectivity index (χ1n) is 3.96. The molecule has 1 heterocycles. The maximum atomic E-state index is 5.50. The van der Waals surface area contributed by atoms with Crippen LogP contribution in [0.1, 0.15) is 19.0 Å². The van der Waals surface area contributed by atoms with E-state index in [2.05, 4.69) is 16.9 Å². The molecule has 0 saturated carbocycles. The Morgan fingerprint density at radius 2 is 2.25 bits per heavy atom. The second kappa shape index (κ2) is 4.30. The van der Waals surface area contributed by atoms with E-state index < -0.39 is 0 Å². The van der Waals surface area contributed by atoms with E-state index in [1.165, 1.54) is 0 Å². The van der Waals surface area contributed by atoms with Crippen LogP contribution < -0.4 is 5.73 Å². The van der Waals surface area contributed by atoms with Crippen LogP contribution in [-0.2, 0) is 0 Å². The van der Waals surface area contributed by atoms with Crippen molar-refractivity contribution in [1.29, 1.82) is 0 Å². The first kappa shape index (κ1) is 9.32. The quantitative estimate of drug-likeness (QED) is 0.574. The lowest BCUT2D eigenvalue weighted by atomic mass is 10.5. The van der Waals surface area contributed by atoms with Gasteiger partial charge in [-0.05, 0) is 25.2 Å². The zero-order chi connectivity index (χ0) is 8.97. The van der Waals surface area contributed by atoms with Crippen LogP contribution in [0.3, 0.4) is 0 Å². The van der Waals surface area contributed by atoms with Crippen molar-refractivity contribution in [2.24, 2.45) is 0 Å². The molecule has 0 aromatic carbocycles. The summed E-state index contributed by atoms with van der Waals surface area (Å²) in [5.74, 6) is 1.45. The van der Waals surface area contributed by atoms with Gasteiger partial charge in [-0.15, -0.1) is 11.8 Å². The normalized spacial score (nSPS) is 10.2. The van der Waals surface area contributed by atoms with E-state index >= 15 is 0 Å². The lowest BCUT2D eigenvalue weighted by molar-refractivity contribution is 1.02. The van der Waals surface area contributed by atoms with Gasteiger partial charge in [-0.2, -0.15) is 0 Å². The van der Waals surface area contributed by atoms with Crippen molar-refractivity contribution in [2.75, 3.05) is 11.5 Å². The van der Waals surface area contributed by atoms with Crippen molar-refractivity contribution in [3.8, 4) is 0 Å². The van der Waals surface area contributed by atoms with Crippen molar-refractivity contribution in [3.05, 3.63) is 11.8 Å². The van der Waals surface area contributed by atoms with Crippen LogP contribution in [0.4, 0.5) is 5.95 Å². The fourth-order valence-corrected chi connectivity index (χ4v) is 1.67. The van der Waals surface area contributed by atoms with E-state index in [9.17, 15) is 0 Å². The summed E-state index contributed by atoms with van der Waals surface area (Å²) < 4.78 is 0. The molecule has 3 nitrogen and oxygen atoms in total. The first-order chi connectivity index (χ1) is 5.72. The van der Waals surface area contributed by atoms with Gasteiger partial charge < -0.3 is 5.73 Å². The third kappa shape index (κ3) is 2.70. The predicted octanol–water partition coefficient (Wildman–Crippen LogP) is 1.87. The molecule has 1 aromatic heterocycles. The fourth-order valence-electron chi connectivity index (χ4n) is 0.842. The number of aryl methyl sites for hydroxylation is 1. The molecule has 0 amide bonds. The fraction of sp³-hybridized carbons (Fsp3) is 0.500. The molecule has 4 heteroatoms. The van der Waals surface area contributed by atoms with Crippen molar-refractivity contribution in [2.45, 2.75) is 25.3 Å². The Kier molecular flexibility index (Phi) is 3.34. The second-order valence-corrected chi connectivity index (χ2v) is 3.67. The Balaban J connectivity index is 2.72. The number of rotatable bonds is 3. The van der Waals surface area contributed by atoms with Gasteiger partial charge in [0.2, 0.25) is 5.95 Å². The van der Waals surface area contributed by atoms with Gasteiger partial charge in [0.25, 0.3) is 0 Å². The highest BCUT2D eigenvalue weighted by Crippen LogP contribution is 2.17. The molecule has 66 valence electrons. The van der Waals surface area contributed by atoms with Crippen molar-refractivity contribution < 1.29 is 0 Å². The van der Waals surface area contributed by atoms with Crippen LogP contribution in [-0.4, -0.2) is 15.7 Å². The summed E-state index contributed by atoms with van der Waals surface area (Å²) in [7, 11) is 0. The molecular formula is C8H13N3S. The average Bonchev–Trinajstić information content (AvgIpc) is 1.99. The molecule has 12 heavy (non-hydrogen) atoms. The number of hydrogen-bond acceptors (Lipinski definition) is 4. The molecule has 0 atom stereocenters. The molecule has 0 bridgehead atoms. The zero-order valence-electron chi connectivity index (χ0n) is 7.37. The molecule has 2 N–H and O–H groups in total. The molecule has 1 rings (SSSR count). The van der Waals surface area contributed by atoms with Crippen LogP contribution in [0, 0.1) is 6.92 Å². The largest absolute Gasteiger partial charge is 0.368 e. The van der Waals surface area contributed by atoms with Crippen molar-refractivity contribution in [1.82, 2.24) is 9.97 Å². The molecule has 0 aliphatic rings. The minimum Gasteiger partial charge on any atom is -0.368 e. The van der Waals surface area contributed by atoms with Gasteiger partial charge in [0, 0.05) is 5.69 Å². The van der Waals surface area contributed by atoms with E-state index in [0.717, 1.165) is 22.9 Å². The summed E-state index contributed by atoms with van der Waals surface area (Å²) in [6, 6.07) is 1.96. The molecule has 0 unspecified atom stereocenters. The highest BCUT2D eigenvalue weighted by molar-refractivity contribution is 7.99. The Bertz CT molecular complexity index is 242. The van der Waals surface area contributed by atoms with Crippen molar-refractivity contribution >= 4 is 17.7 Å². The Labute approximate surface area is 76.8 Å². The zero-order valence-corrected chi connectivity index (χ0v) is 8.19. The summed E-state index contributed by atoms with van der Waals surface area (Å²) >= 11 is 1.72. The van der Waals surface area contributed by atoms with Crippen LogP contribution in [0.5, 0.6) is 0 Å². The minimum atomic E-state index is 0.369. The van der Waals surface area contributed by atoms with E-state index in [1.54, 1.807) is 11.8 Å². The standard InChI is InChI=1S/C8H13N3S/c1-3-4-12-7-5-6(2)10-8(9)11-7/h5H,3-4H2,1-2H3,(H2,9,10,11). The first-order valence-corrected chi connectivity index (χ1v) is 4.95. The monoisotopic (exact) mass is 183 g/mol. The number of nitrogen functional groups attached to an aromatic ring is 1. The van der Waals surface area contributed by atoms with Gasteiger partial charge in [0.1, 0.15) is 5.03 Å². The third-order valence-corrected chi connectivity index (χ3v) is 2.42.